The van der Waals surface area contributed by atoms with Gasteiger partial charge < -0.3 is 14.8 Å². The predicted molar refractivity (Wildman–Crippen MR) is 97.1 cm³/mol. The van der Waals surface area contributed by atoms with Gasteiger partial charge in [-0.15, -0.1) is 11.3 Å². The number of carbonyl (C=O) groups excluding carboxylic acids is 1. The van der Waals surface area contributed by atoms with E-state index in [4.69, 9.17) is 9.47 Å². The molecule has 0 spiro atoms. The lowest BCUT2D eigenvalue weighted by Crippen LogP contribution is -2.45. The maximum Gasteiger partial charge on any atom is 0.265 e. The summed E-state index contributed by atoms with van der Waals surface area (Å²) in [5, 5.41) is 5.11. The summed E-state index contributed by atoms with van der Waals surface area (Å²) in [7, 11) is 0. The van der Waals surface area contributed by atoms with Gasteiger partial charge in [0.2, 0.25) is 6.10 Å². The van der Waals surface area contributed by atoms with Crippen molar-refractivity contribution in [3.8, 4) is 11.5 Å². The third-order valence-corrected chi connectivity index (χ3v) is 4.99. The lowest BCUT2D eigenvalue weighted by molar-refractivity contribution is -0.130. The molecule has 2 atom stereocenters. The fraction of sp³-hybridized carbons (Fsp3) is 0.150. The molecule has 1 aliphatic rings. The Morgan fingerprint density at radius 3 is 2.52 bits per heavy atom. The molecule has 1 amide bonds. The SMILES string of the molecule is O=C(NC(c1ccccc1)c1cccs1)C1COc2ccccc2O1. The van der Waals surface area contributed by atoms with Crippen molar-refractivity contribution in [2.24, 2.45) is 0 Å². The van der Waals surface area contributed by atoms with Crippen molar-refractivity contribution in [1.29, 1.82) is 0 Å². The molecule has 0 saturated carbocycles. The van der Waals surface area contributed by atoms with Crippen LogP contribution in [-0.2, 0) is 4.79 Å². The molecule has 0 bridgehead atoms. The molecule has 1 aromatic heterocycles. The van der Waals surface area contributed by atoms with Crippen molar-refractivity contribution in [2.75, 3.05) is 6.61 Å². The number of ether oxygens (including phenoxy) is 2. The third kappa shape index (κ3) is 3.37. The Hall–Kier alpha value is -2.79. The Labute approximate surface area is 150 Å². The molecule has 3 aromatic rings. The monoisotopic (exact) mass is 351 g/mol. The summed E-state index contributed by atoms with van der Waals surface area (Å²) in [5.41, 5.74) is 1.04. The Balaban J connectivity index is 1.54. The molecule has 0 aliphatic carbocycles. The first-order valence-electron chi connectivity index (χ1n) is 8.08. The van der Waals surface area contributed by atoms with E-state index in [0.29, 0.717) is 11.5 Å². The molecule has 0 fully saturated rings. The molecule has 126 valence electrons. The standard InChI is InChI=1S/C20H17NO3S/c22-20(17-13-23-15-9-4-5-10-16(15)24-17)21-19(18-11-6-12-25-18)14-7-2-1-3-8-14/h1-12,17,19H,13H2,(H,21,22). The van der Waals surface area contributed by atoms with Gasteiger partial charge in [-0.3, -0.25) is 4.79 Å². The van der Waals surface area contributed by atoms with E-state index in [1.807, 2.05) is 72.1 Å². The smallest absolute Gasteiger partial charge is 0.265 e. The number of rotatable bonds is 4. The van der Waals surface area contributed by atoms with Gasteiger partial charge in [-0.05, 0) is 29.1 Å². The number of hydrogen-bond acceptors (Lipinski definition) is 4. The number of carbonyl (C=O) groups is 1. The minimum atomic E-state index is -0.666. The quantitative estimate of drug-likeness (QED) is 0.778. The average molecular weight is 351 g/mol. The molecule has 25 heavy (non-hydrogen) atoms. The summed E-state index contributed by atoms with van der Waals surface area (Å²) in [6.45, 7) is 0.203. The van der Waals surface area contributed by atoms with Crippen molar-refractivity contribution in [3.63, 3.8) is 0 Å². The van der Waals surface area contributed by atoms with E-state index in [2.05, 4.69) is 5.32 Å². The van der Waals surface area contributed by atoms with E-state index in [1.165, 1.54) is 0 Å². The van der Waals surface area contributed by atoms with Crippen molar-refractivity contribution < 1.29 is 14.3 Å². The first-order chi connectivity index (χ1) is 12.3. The maximum absolute atomic E-state index is 12.8. The van der Waals surface area contributed by atoms with Crippen molar-refractivity contribution in [2.45, 2.75) is 12.1 Å². The van der Waals surface area contributed by atoms with Gasteiger partial charge in [0.15, 0.2) is 11.5 Å². The largest absolute Gasteiger partial charge is 0.485 e. The van der Waals surface area contributed by atoms with Crippen LogP contribution in [0.2, 0.25) is 0 Å². The number of para-hydroxylation sites is 2. The highest BCUT2D eigenvalue weighted by atomic mass is 32.1. The summed E-state index contributed by atoms with van der Waals surface area (Å²) in [6.07, 6.45) is -0.666. The fourth-order valence-corrected chi connectivity index (χ4v) is 3.61. The number of hydrogen-bond donors (Lipinski definition) is 1. The number of benzene rings is 2. The molecule has 5 heteroatoms. The Bertz CT molecular complexity index is 848. The fourth-order valence-electron chi connectivity index (χ4n) is 2.80. The van der Waals surface area contributed by atoms with Gasteiger partial charge in [-0.25, -0.2) is 0 Å². The molecule has 2 heterocycles. The third-order valence-electron chi connectivity index (χ3n) is 4.05. The topological polar surface area (TPSA) is 47.6 Å². The zero-order valence-corrected chi connectivity index (χ0v) is 14.2. The number of thiophene rings is 1. The average Bonchev–Trinajstić information content (AvgIpc) is 3.20. The van der Waals surface area contributed by atoms with E-state index < -0.39 is 6.10 Å². The second kappa shape index (κ2) is 6.99. The van der Waals surface area contributed by atoms with Gasteiger partial charge in [-0.2, -0.15) is 0 Å². The van der Waals surface area contributed by atoms with Crippen LogP contribution in [-0.4, -0.2) is 18.6 Å². The van der Waals surface area contributed by atoms with Crippen LogP contribution in [0.5, 0.6) is 11.5 Å². The lowest BCUT2D eigenvalue weighted by atomic mass is 10.0. The minimum absolute atomic E-state index is 0.184. The maximum atomic E-state index is 12.8. The first kappa shape index (κ1) is 15.7. The highest BCUT2D eigenvalue weighted by molar-refractivity contribution is 7.10. The van der Waals surface area contributed by atoms with E-state index in [-0.39, 0.29) is 18.6 Å². The molecule has 2 aromatic carbocycles. The number of fused-ring (bicyclic) bond motifs is 1. The lowest BCUT2D eigenvalue weighted by Gasteiger charge is -2.27. The molecule has 1 aliphatic heterocycles. The van der Waals surface area contributed by atoms with Crippen LogP contribution in [0.3, 0.4) is 0 Å². The van der Waals surface area contributed by atoms with Crippen LogP contribution in [0.4, 0.5) is 0 Å². The van der Waals surface area contributed by atoms with Gasteiger partial charge >= 0.3 is 0 Å². The van der Waals surface area contributed by atoms with Crippen LogP contribution < -0.4 is 14.8 Å². The van der Waals surface area contributed by atoms with Crippen molar-refractivity contribution in [1.82, 2.24) is 5.32 Å². The Morgan fingerprint density at radius 1 is 1.00 bits per heavy atom. The Kier molecular flexibility index (Phi) is 4.39. The van der Waals surface area contributed by atoms with E-state index in [0.717, 1.165) is 10.4 Å². The molecule has 4 rings (SSSR count). The van der Waals surface area contributed by atoms with Crippen LogP contribution >= 0.6 is 11.3 Å². The summed E-state index contributed by atoms with van der Waals surface area (Å²) in [6, 6.07) is 21.1. The summed E-state index contributed by atoms with van der Waals surface area (Å²) >= 11 is 1.62. The molecular formula is C20H17NO3S. The predicted octanol–water partition coefficient (Wildman–Crippen LogP) is 3.79. The van der Waals surface area contributed by atoms with Crippen LogP contribution in [0.1, 0.15) is 16.5 Å². The zero-order valence-electron chi connectivity index (χ0n) is 13.4. The highest BCUT2D eigenvalue weighted by Gasteiger charge is 2.29. The van der Waals surface area contributed by atoms with Crippen LogP contribution in [0.15, 0.2) is 72.1 Å². The second-order valence-corrected chi connectivity index (χ2v) is 6.71. The first-order valence-corrected chi connectivity index (χ1v) is 8.96. The van der Waals surface area contributed by atoms with Gasteiger partial charge in [0.05, 0.1) is 6.04 Å². The summed E-state index contributed by atoms with van der Waals surface area (Å²) in [4.78, 5) is 13.9. The molecule has 4 nitrogen and oxygen atoms in total. The molecular weight excluding hydrogens is 334 g/mol. The number of nitrogens with one attached hydrogen (secondary N) is 1. The molecule has 0 saturated heterocycles. The van der Waals surface area contributed by atoms with Gasteiger partial charge in [0.25, 0.3) is 5.91 Å². The zero-order chi connectivity index (χ0) is 17.1. The van der Waals surface area contributed by atoms with Gasteiger partial charge in [-0.1, -0.05) is 48.5 Å². The normalized spacial score (nSPS) is 16.9. The van der Waals surface area contributed by atoms with E-state index >= 15 is 0 Å². The van der Waals surface area contributed by atoms with E-state index in [1.54, 1.807) is 11.3 Å². The van der Waals surface area contributed by atoms with Gasteiger partial charge in [0.1, 0.15) is 6.61 Å². The van der Waals surface area contributed by atoms with Gasteiger partial charge in [0, 0.05) is 4.88 Å². The van der Waals surface area contributed by atoms with E-state index in [9.17, 15) is 4.79 Å². The van der Waals surface area contributed by atoms with Crippen LogP contribution in [0.25, 0.3) is 0 Å². The van der Waals surface area contributed by atoms with Crippen molar-refractivity contribution >= 4 is 17.2 Å². The minimum Gasteiger partial charge on any atom is -0.485 e. The summed E-state index contributed by atoms with van der Waals surface area (Å²) in [5.74, 6) is 1.09. The second-order valence-electron chi connectivity index (χ2n) is 5.73. The molecule has 2 unspecified atom stereocenters. The molecule has 1 N–H and O–H groups in total. The number of amides is 1. The van der Waals surface area contributed by atoms with Crippen molar-refractivity contribution in [3.05, 3.63) is 82.6 Å². The van der Waals surface area contributed by atoms with Crippen LogP contribution in [0, 0.1) is 0 Å². The molecule has 0 radical (unpaired) electrons. The highest BCUT2D eigenvalue weighted by Crippen LogP contribution is 2.31. The summed E-state index contributed by atoms with van der Waals surface area (Å²) < 4.78 is 11.5. The Morgan fingerprint density at radius 2 is 1.76 bits per heavy atom.